The van der Waals surface area contributed by atoms with Crippen molar-refractivity contribution in [3.63, 3.8) is 0 Å². The predicted octanol–water partition coefficient (Wildman–Crippen LogP) is 3.36. The lowest BCUT2D eigenvalue weighted by molar-refractivity contribution is 1.30. The minimum Gasteiger partial charge on any atom is -0.126 e. The minimum absolute atomic E-state index is 1.16. The van der Waals surface area contributed by atoms with Crippen LogP contribution in [0.2, 0.25) is 0 Å². The minimum atomic E-state index is 1.16. The molecule has 0 saturated heterocycles. The highest BCUT2D eigenvalue weighted by Gasteiger charge is 1.92. The zero-order valence-electron chi connectivity index (χ0n) is 7.58. The summed E-state index contributed by atoms with van der Waals surface area (Å²) in [4.78, 5) is 1.41. The molecule has 0 radical (unpaired) electrons. The second-order valence-corrected chi connectivity index (χ2v) is 3.50. The Morgan fingerprint density at radius 2 is 1.83 bits per heavy atom. The third-order valence-corrected chi connectivity index (χ3v) is 2.45. The summed E-state index contributed by atoms with van der Waals surface area (Å²) >= 11 is 1.90. The molecule has 0 aliphatic heterocycles. The first-order valence-corrected chi connectivity index (χ1v) is 4.85. The summed E-state index contributed by atoms with van der Waals surface area (Å²) < 4.78 is 0. The van der Waals surface area contributed by atoms with Gasteiger partial charge in [0.25, 0.3) is 0 Å². The van der Waals surface area contributed by atoms with E-state index in [1.807, 2.05) is 11.8 Å². The Balaban J connectivity index is 0.000000561. The number of aryl methyl sites for hydroxylation is 1. The molecule has 0 saturated carbocycles. The Morgan fingerprint density at radius 1 is 1.25 bits per heavy atom. The summed E-state index contributed by atoms with van der Waals surface area (Å²) in [6.45, 7) is 4.33. The molecule has 1 heteroatoms. The molecule has 12 heavy (non-hydrogen) atoms. The van der Waals surface area contributed by atoms with E-state index >= 15 is 0 Å². The van der Waals surface area contributed by atoms with Gasteiger partial charge in [-0.05, 0) is 24.3 Å². The van der Waals surface area contributed by atoms with Crippen LogP contribution in [0.15, 0.2) is 29.2 Å². The largest absolute Gasteiger partial charge is 0.126 e. The normalized spacial score (nSPS) is 8.33. The molecule has 0 aliphatic carbocycles. The standard InChI is InChI=1S/C9H12S.C2H2/c1-3-10-9-7-5-4-6-8(9)2;1-2/h4-7H,3H2,1-2H3;1-2H. The van der Waals surface area contributed by atoms with Crippen molar-refractivity contribution in [1.29, 1.82) is 0 Å². The van der Waals surface area contributed by atoms with E-state index in [-0.39, 0.29) is 0 Å². The SMILES string of the molecule is C#C.CCSc1ccccc1C. The van der Waals surface area contributed by atoms with Crippen molar-refractivity contribution >= 4 is 11.8 Å². The fourth-order valence-electron chi connectivity index (χ4n) is 0.874. The molecule has 1 aromatic rings. The number of terminal acetylenes is 1. The molecule has 1 aromatic carbocycles. The van der Waals surface area contributed by atoms with E-state index in [2.05, 4.69) is 51.0 Å². The molecule has 0 aromatic heterocycles. The highest BCUT2D eigenvalue weighted by molar-refractivity contribution is 7.99. The molecule has 0 bridgehead atoms. The fourth-order valence-corrected chi connectivity index (χ4v) is 1.66. The maximum atomic E-state index is 4.00. The number of benzene rings is 1. The Morgan fingerprint density at radius 3 is 2.33 bits per heavy atom. The zero-order valence-corrected chi connectivity index (χ0v) is 8.40. The van der Waals surface area contributed by atoms with Gasteiger partial charge >= 0.3 is 0 Å². The first-order chi connectivity index (χ1) is 5.84. The average Bonchev–Trinajstić information content (AvgIpc) is 2.13. The second-order valence-electron chi connectivity index (χ2n) is 2.20. The van der Waals surface area contributed by atoms with Crippen LogP contribution < -0.4 is 0 Å². The molecule has 0 amide bonds. The van der Waals surface area contributed by atoms with Crippen molar-refractivity contribution in [2.45, 2.75) is 18.7 Å². The first kappa shape index (κ1) is 11.1. The highest BCUT2D eigenvalue weighted by Crippen LogP contribution is 2.20. The maximum Gasteiger partial charge on any atom is 0.0101 e. The summed E-state index contributed by atoms with van der Waals surface area (Å²) in [5.41, 5.74) is 1.38. The van der Waals surface area contributed by atoms with Crippen LogP contribution in [-0.2, 0) is 0 Å². The lowest BCUT2D eigenvalue weighted by Crippen LogP contribution is -1.77. The molecule has 0 aliphatic rings. The molecule has 0 spiro atoms. The fraction of sp³-hybridized carbons (Fsp3) is 0.273. The van der Waals surface area contributed by atoms with Gasteiger partial charge in [-0.25, -0.2) is 0 Å². The topological polar surface area (TPSA) is 0 Å². The molecule has 0 unspecified atom stereocenters. The van der Waals surface area contributed by atoms with Crippen LogP contribution in [0.5, 0.6) is 0 Å². The average molecular weight is 178 g/mol. The van der Waals surface area contributed by atoms with Crippen LogP contribution >= 0.6 is 11.8 Å². The van der Waals surface area contributed by atoms with E-state index in [1.165, 1.54) is 10.5 Å². The van der Waals surface area contributed by atoms with Crippen LogP contribution in [0.3, 0.4) is 0 Å². The Hall–Kier alpha value is -0.870. The number of rotatable bonds is 2. The van der Waals surface area contributed by atoms with Gasteiger partial charge in [-0.15, -0.1) is 24.6 Å². The molecule has 0 nitrogen and oxygen atoms in total. The van der Waals surface area contributed by atoms with E-state index in [0.29, 0.717) is 0 Å². The van der Waals surface area contributed by atoms with Gasteiger partial charge in [0.2, 0.25) is 0 Å². The number of thioether (sulfide) groups is 1. The molecular formula is C11H14S. The third kappa shape index (κ3) is 3.50. The monoisotopic (exact) mass is 178 g/mol. The lowest BCUT2D eigenvalue weighted by atomic mass is 10.2. The third-order valence-electron chi connectivity index (χ3n) is 1.39. The van der Waals surface area contributed by atoms with Gasteiger partial charge in [-0.3, -0.25) is 0 Å². The quantitative estimate of drug-likeness (QED) is 0.494. The van der Waals surface area contributed by atoms with Crippen molar-refractivity contribution < 1.29 is 0 Å². The van der Waals surface area contributed by atoms with Gasteiger partial charge in [-0.1, -0.05) is 25.1 Å². The van der Waals surface area contributed by atoms with E-state index in [1.54, 1.807) is 0 Å². The second kappa shape index (κ2) is 6.82. The van der Waals surface area contributed by atoms with Gasteiger partial charge in [0.05, 0.1) is 0 Å². The van der Waals surface area contributed by atoms with E-state index in [0.717, 1.165) is 5.75 Å². The van der Waals surface area contributed by atoms with Crippen LogP contribution in [0.1, 0.15) is 12.5 Å². The number of hydrogen-bond donors (Lipinski definition) is 0. The van der Waals surface area contributed by atoms with Crippen molar-refractivity contribution in [1.82, 2.24) is 0 Å². The summed E-state index contributed by atoms with van der Waals surface area (Å²) in [7, 11) is 0. The molecule has 0 heterocycles. The lowest BCUT2D eigenvalue weighted by Gasteiger charge is -2.00. The predicted molar refractivity (Wildman–Crippen MR) is 57.5 cm³/mol. The van der Waals surface area contributed by atoms with Crippen molar-refractivity contribution in [3.05, 3.63) is 29.8 Å². The van der Waals surface area contributed by atoms with Crippen LogP contribution in [0.25, 0.3) is 0 Å². The highest BCUT2D eigenvalue weighted by atomic mass is 32.2. The number of hydrogen-bond acceptors (Lipinski definition) is 1. The summed E-state index contributed by atoms with van der Waals surface area (Å²) in [5.74, 6) is 1.16. The molecule has 0 N–H and O–H groups in total. The van der Waals surface area contributed by atoms with Gasteiger partial charge in [0.15, 0.2) is 0 Å². The van der Waals surface area contributed by atoms with Gasteiger partial charge in [-0.2, -0.15) is 0 Å². The smallest absolute Gasteiger partial charge is 0.0101 e. The van der Waals surface area contributed by atoms with E-state index in [4.69, 9.17) is 0 Å². The molecule has 0 atom stereocenters. The van der Waals surface area contributed by atoms with Crippen molar-refractivity contribution in [2.24, 2.45) is 0 Å². The van der Waals surface area contributed by atoms with Crippen molar-refractivity contribution in [2.75, 3.05) is 5.75 Å². The summed E-state index contributed by atoms with van der Waals surface area (Å²) in [5, 5.41) is 0. The van der Waals surface area contributed by atoms with Gasteiger partial charge in [0.1, 0.15) is 0 Å². The van der Waals surface area contributed by atoms with Crippen LogP contribution in [-0.4, -0.2) is 5.75 Å². The molecule has 1 rings (SSSR count). The van der Waals surface area contributed by atoms with Crippen LogP contribution in [0.4, 0.5) is 0 Å². The van der Waals surface area contributed by atoms with Gasteiger partial charge in [0, 0.05) is 4.90 Å². The molecular weight excluding hydrogens is 164 g/mol. The molecule has 0 fully saturated rings. The maximum absolute atomic E-state index is 4.00. The van der Waals surface area contributed by atoms with E-state index < -0.39 is 0 Å². The van der Waals surface area contributed by atoms with Gasteiger partial charge < -0.3 is 0 Å². The van der Waals surface area contributed by atoms with Crippen molar-refractivity contribution in [3.8, 4) is 12.8 Å². The van der Waals surface area contributed by atoms with Crippen LogP contribution in [0, 0.1) is 19.8 Å². The van der Waals surface area contributed by atoms with E-state index in [9.17, 15) is 0 Å². The molecule has 64 valence electrons. The zero-order chi connectivity index (χ0) is 9.40. The Kier molecular flexibility index (Phi) is 6.32. The first-order valence-electron chi connectivity index (χ1n) is 3.86. The summed E-state index contributed by atoms with van der Waals surface area (Å²) in [6, 6.07) is 8.49. The summed E-state index contributed by atoms with van der Waals surface area (Å²) in [6.07, 6.45) is 8.00. The Labute approximate surface area is 79.4 Å². The Bertz CT molecular complexity index is 238.